The Labute approximate surface area is 78.2 Å². The third-order valence-corrected chi connectivity index (χ3v) is 1.37. The molecule has 0 atom stereocenters. The lowest BCUT2D eigenvalue weighted by Gasteiger charge is -2.00. The molecule has 0 rings (SSSR count). The van der Waals surface area contributed by atoms with Gasteiger partial charge in [-0.3, -0.25) is 9.59 Å². The van der Waals surface area contributed by atoms with Crippen molar-refractivity contribution in [2.75, 3.05) is 26.9 Å². The van der Waals surface area contributed by atoms with Crippen LogP contribution < -0.4 is 0 Å². The third-order valence-electron chi connectivity index (χ3n) is 1.37. The average molecular weight is 188 g/mol. The van der Waals surface area contributed by atoms with Gasteiger partial charge >= 0.3 is 0 Å². The summed E-state index contributed by atoms with van der Waals surface area (Å²) in [5.41, 5.74) is 0. The Balaban J connectivity index is 3.25. The van der Waals surface area contributed by atoms with E-state index in [0.29, 0.717) is 19.4 Å². The number of carbonyl (C=O) groups is 2. The molecule has 0 saturated carbocycles. The van der Waals surface area contributed by atoms with E-state index in [2.05, 4.69) is 0 Å². The normalized spacial score (nSPS) is 10.0. The lowest BCUT2D eigenvalue weighted by molar-refractivity contribution is -0.127. The number of hydrogen-bond acceptors (Lipinski definition) is 4. The van der Waals surface area contributed by atoms with Crippen molar-refractivity contribution in [2.45, 2.75) is 19.8 Å². The van der Waals surface area contributed by atoms with Gasteiger partial charge in [0, 0.05) is 20.1 Å². The number of methoxy groups -OCH3 is 1. The first-order valence-electron chi connectivity index (χ1n) is 4.24. The smallest absolute Gasteiger partial charge is 0.158 e. The first kappa shape index (κ1) is 12.3. The molecule has 0 saturated heterocycles. The molecule has 4 nitrogen and oxygen atoms in total. The number of carbonyl (C=O) groups excluding carboxylic acids is 2. The quantitative estimate of drug-likeness (QED) is 0.523. The van der Waals surface area contributed by atoms with Crippen molar-refractivity contribution in [1.82, 2.24) is 0 Å². The second-order valence-corrected chi connectivity index (χ2v) is 2.83. The van der Waals surface area contributed by atoms with E-state index in [9.17, 15) is 9.59 Å². The number of rotatable bonds is 8. The predicted molar refractivity (Wildman–Crippen MR) is 47.6 cm³/mol. The Morgan fingerprint density at radius 1 is 1.23 bits per heavy atom. The Hall–Kier alpha value is -0.740. The van der Waals surface area contributed by atoms with Crippen LogP contribution in [0.2, 0.25) is 0 Å². The van der Waals surface area contributed by atoms with Crippen molar-refractivity contribution < 1.29 is 19.1 Å². The largest absolute Gasteiger partial charge is 0.385 e. The summed E-state index contributed by atoms with van der Waals surface area (Å²) in [6, 6.07) is 0. The topological polar surface area (TPSA) is 52.6 Å². The van der Waals surface area contributed by atoms with Crippen LogP contribution in [0.4, 0.5) is 0 Å². The fourth-order valence-electron chi connectivity index (χ4n) is 0.794. The van der Waals surface area contributed by atoms with E-state index in [1.54, 1.807) is 7.11 Å². The van der Waals surface area contributed by atoms with Gasteiger partial charge in [0.25, 0.3) is 0 Å². The Kier molecular flexibility index (Phi) is 7.44. The van der Waals surface area contributed by atoms with Gasteiger partial charge < -0.3 is 9.47 Å². The minimum Gasteiger partial charge on any atom is -0.385 e. The lowest BCUT2D eigenvalue weighted by atomic mass is 10.2. The van der Waals surface area contributed by atoms with E-state index in [4.69, 9.17) is 9.47 Å². The Bertz CT molecular complexity index is 165. The van der Waals surface area contributed by atoms with Gasteiger partial charge in [-0.2, -0.15) is 0 Å². The number of hydrogen-bond donors (Lipinski definition) is 0. The summed E-state index contributed by atoms with van der Waals surface area (Å²) >= 11 is 0. The standard InChI is InChI=1S/C9H16O4/c1-8(10)6-13-7-9(11)4-3-5-12-2/h3-7H2,1-2H3. The SMILES string of the molecule is COCCCC(=O)COCC(C)=O. The Morgan fingerprint density at radius 3 is 2.46 bits per heavy atom. The summed E-state index contributed by atoms with van der Waals surface area (Å²) in [4.78, 5) is 21.4. The molecule has 0 aliphatic rings. The predicted octanol–water partition coefficient (Wildman–Crippen LogP) is 0.588. The van der Waals surface area contributed by atoms with Crippen molar-refractivity contribution >= 4 is 11.6 Å². The molecule has 0 aliphatic carbocycles. The first-order valence-corrected chi connectivity index (χ1v) is 4.24. The average Bonchev–Trinajstić information content (AvgIpc) is 2.04. The molecular weight excluding hydrogens is 172 g/mol. The summed E-state index contributed by atoms with van der Waals surface area (Å²) in [5, 5.41) is 0. The molecule has 0 heterocycles. The van der Waals surface area contributed by atoms with Crippen molar-refractivity contribution in [2.24, 2.45) is 0 Å². The van der Waals surface area contributed by atoms with Gasteiger partial charge in [0.2, 0.25) is 0 Å². The molecule has 4 heteroatoms. The minimum absolute atomic E-state index is 0.0123. The zero-order chi connectivity index (χ0) is 10.1. The van der Waals surface area contributed by atoms with Crippen LogP contribution in [0.5, 0.6) is 0 Å². The molecule has 0 aromatic rings. The van der Waals surface area contributed by atoms with Gasteiger partial charge in [0.1, 0.15) is 13.2 Å². The van der Waals surface area contributed by atoms with Crippen molar-refractivity contribution in [3.8, 4) is 0 Å². The number of Topliss-reactive ketones (excluding diaryl/α,β-unsaturated/α-hetero) is 2. The lowest BCUT2D eigenvalue weighted by Crippen LogP contribution is -2.13. The monoisotopic (exact) mass is 188 g/mol. The molecule has 0 N–H and O–H groups in total. The van der Waals surface area contributed by atoms with E-state index in [1.807, 2.05) is 0 Å². The fraction of sp³-hybridized carbons (Fsp3) is 0.778. The van der Waals surface area contributed by atoms with E-state index in [1.165, 1.54) is 6.92 Å². The van der Waals surface area contributed by atoms with E-state index in [0.717, 1.165) is 0 Å². The highest BCUT2D eigenvalue weighted by atomic mass is 16.5. The van der Waals surface area contributed by atoms with Crippen LogP contribution in [0.3, 0.4) is 0 Å². The molecule has 0 unspecified atom stereocenters. The van der Waals surface area contributed by atoms with Gasteiger partial charge in [-0.05, 0) is 13.3 Å². The molecule has 0 radical (unpaired) electrons. The molecule has 0 bridgehead atoms. The third kappa shape index (κ3) is 9.17. The summed E-state index contributed by atoms with van der Waals surface area (Å²) in [7, 11) is 1.59. The number of ketones is 2. The van der Waals surface area contributed by atoms with Crippen LogP contribution in [0.1, 0.15) is 19.8 Å². The van der Waals surface area contributed by atoms with E-state index >= 15 is 0 Å². The van der Waals surface area contributed by atoms with Gasteiger partial charge in [-0.1, -0.05) is 0 Å². The molecule has 0 aromatic carbocycles. The van der Waals surface area contributed by atoms with Crippen LogP contribution in [0, 0.1) is 0 Å². The molecule has 0 amide bonds. The van der Waals surface area contributed by atoms with E-state index in [-0.39, 0.29) is 24.8 Å². The van der Waals surface area contributed by atoms with Gasteiger partial charge in [-0.25, -0.2) is 0 Å². The highest BCUT2D eigenvalue weighted by Crippen LogP contribution is 1.92. The second kappa shape index (κ2) is 7.89. The van der Waals surface area contributed by atoms with Crippen LogP contribution in [0.25, 0.3) is 0 Å². The van der Waals surface area contributed by atoms with E-state index < -0.39 is 0 Å². The zero-order valence-corrected chi connectivity index (χ0v) is 8.17. The maximum Gasteiger partial charge on any atom is 0.158 e. The summed E-state index contributed by atoms with van der Waals surface area (Å²) in [5.74, 6) is -0.0528. The molecule has 0 aliphatic heterocycles. The second-order valence-electron chi connectivity index (χ2n) is 2.83. The van der Waals surface area contributed by atoms with Crippen molar-refractivity contribution in [3.63, 3.8) is 0 Å². The maximum atomic E-state index is 11.0. The molecule has 76 valence electrons. The Morgan fingerprint density at radius 2 is 1.92 bits per heavy atom. The maximum absolute atomic E-state index is 11.0. The summed E-state index contributed by atoms with van der Waals surface area (Å²) in [6.07, 6.45) is 1.16. The van der Waals surface area contributed by atoms with Crippen molar-refractivity contribution in [1.29, 1.82) is 0 Å². The molecule has 0 fully saturated rings. The van der Waals surface area contributed by atoms with Crippen LogP contribution in [-0.4, -0.2) is 38.5 Å². The summed E-state index contributed by atoms with van der Waals surface area (Å²) in [6.45, 7) is 2.06. The molecule has 0 aromatic heterocycles. The zero-order valence-electron chi connectivity index (χ0n) is 8.17. The summed E-state index contributed by atoms with van der Waals surface area (Å²) < 4.78 is 9.64. The van der Waals surface area contributed by atoms with Crippen LogP contribution in [0.15, 0.2) is 0 Å². The highest BCUT2D eigenvalue weighted by Gasteiger charge is 2.02. The van der Waals surface area contributed by atoms with Crippen LogP contribution >= 0.6 is 0 Å². The van der Waals surface area contributed by atoms with Crippen molar-refractivity contribution in [3.05, 3.63) is 0 Å². The van der Waals surface area contributed by atoms with Gasteiger partial charge in [0.15, 0.2) is 11.6 Å². The fourth-order valence-corrected chi connectivity index (χ4v) is 0.794. The number of ether oxygens (including phenoxy) is 2. The van der Waals surface area contributed by atoms with Crippen LogP contribution in [-0.2, 0) is 19.1 Å². The highest BCUT2D eigenvalue weighted by molar-refractivity contribution is 5.80. The minimum atomic E-state index is -0.0651. The molecule has 13 heavy (non-hydrogen) atoms. The molecular formula is C9H16O4. The van der Waals surface area contributed by atoms with Gasteiger partial charge in [-0.15, -0.1) is 0 Å². The van der Waals surface area contributed by atoms with Gasteiger partial charge in [0.05, 0.1) is 0 Å². The first-order chi connectivity index (χ1) is 6.16. The molecule has 0 spiro atoms.